The molecule has 0 radical (unpaired) electrons. The average molecular weight is 266 g/mol. The number of rotatable bonds is 2. The summed E-state index contributed by atoms with van der Waals surface area (Å²) in [4.78, 5) is 13.6. The van der Waals surface area contributed by atoms with Gasteiger partial charge in [0.1, 0.15) is 0 Å². The average Bonchev–Trinajstić information content (AvgIpc) is 3.17. The molecule has 100 valence electrons. The Kier molecular flexibility index (Phi) is 2.36. The molecule has 0 atom stereocenters. The molecule has 0 spiro atoms. The van der Waals surface area contributed by atoms with E-state index in [1.807, 2.05) is 32.0 Å². The Labute approximate surface area is 116 Å². The third-order valence-corrected chi connectivity index (χ3v) is 3.71. The van der Waals surface area contributed by atoms with E-state index in [1.165, 1.54) is 12.8 Å². The molecule has 3 aromatic rings. The number of benzene rings is 1. The van der Waals surface area contributed by atoms with E-state index in [0.717, 1.165) is 33.8 Å². The molecule has 0 saturated heterocycles. The summed E-state index contributed by atoms with van der Waals surface area (Å²) in [6.45, 7) is 3.93. The molecule has 1 aliphatic carbocycles. The second kappa shape index (κ2) is 4.10. The van der Waals surface area contributed by atoms with Gasteiger partial charge in [-0.15, -0.1) is 0 Å². The third kappa shape index (κ3) is 1.86. The van der Waals surface area contributed by atoms with E-state index in [1.54, 1.807) is 0 Å². The first-order chi connectivity index (χ1) is 9.70. The number of hydrogen-bond acceptors (Lipinski definition) is 5. The lowest BCUT2D eigenvalue weighted by Gasteiger charge is -2.03. The highest BCUT2D eigenvalue weighted by molar-refractivity contribution is 5.79. The number of hydrogen-bond donors (Lipinski definition) is 0. The number of fused-ring (bicyclic) bond motifs is 1. The number of aromatic nitrogens is 4. The summed E-state index contributed by atoms with van der Waals surface area (Å²) in [5, 5.41) is 4.04. The van der Waals surface area contributed by atoms with Crippen molar-refractivity contribution in [3.05, 3.63) is 35.4 Å². The minimum absolute atomic E-state index is 0.498. The van der Waals surface area contributed by atoms with E-state index in [9.17, 15) is 0 Å². The largest absolute Gasteiger partial charge is 0.334 e. The van der Waals surface area contributed by atoms with Crippen LogP contribution >= 0.6 is 0 Å². The molecule has 1 saturated carbocycles. The maximum absolute atomic E-state index is 5.35. The standard InChI is InChI=1S/C15H14N4O/c1-8-9(2)17-13-7-11(5-6-12(13)16-8)15-18-14(19-20-15)10-3-4-10/h5-7,10H,3-4H2,1-2H3. The summed E-state index contributed by atoms with van der Waals surface area (Å²) in [5.74, 6) is 1.89. The minimum atomic E-state index is 0.498. The van der Waals surface area contributed by atoms with E-state index in [0.29, 0.717) is 11.8 Å². The van der Waals surface area contributed by atoms with Crippen molar-refractivity contribution in [2.75, 3.05) is 0 Å². The summed E-state index contributed by atoms with van der Waals surface area (Å²) >= 11 is 0. The highest BCUT2D eigenvalue weighted by Crippen LogP contribution is 2.38. The van der Waals surface area contributed by atoms with Crippen LogP contribution in [0.15, 0.2) is 22.7 Å². The van der Waals surface area contributed by atoms with Gasteiger partial charge < -0.3 is 4.52 Å². The Morgan fingerprint density at radius 3 is 2.50 bits per heavy atom. The van der Waals surface area contributed by atoms with Gasteiger partial charge in [-0.1, -0.05) is 5.16 Å². The van der Waals surface area contributed by atoms with Gasteiger partial charge in [-0.25, -0.2) is 9.97 Å². The summed E-state index contributed by atoms with van der Waals surface area (Å²) in [5.41, 5.74) is 4.54. The van der Waals surface area contributed by atoms with Gasteiger partial charge >= 0.3 is 0 Å². The van der Waals surface area contributed by atoms with Crippen molar-refractivity contribution < 1.29 is 4.52 Å². The Morgan fingerprint density at radius 1 is 1.00 bits per heavy atom. The topological polar surface area (TPSA) is 64.7 Å². The first-order valence-corrected chi connectivity index (χ1v) is 6.80. The molecule has 1 fully saturated rings. The van der Waals surface area contributed by atoms with Crippen LogP contribution in [-0.2, 0) is 0 Å². The number of aryl methyl sites for hydroxylation is 2. The molecule has 2 aromatic heterocycles. The molecule has 1 aliphatic rings. The molecule has 4 rings (SSSR count). The van der Waals surface area contributed by atoms with Crippen LogP contribution in [0, 0.1) is 13.8 Å². The zero-order chi connectivity index (χ0) is 13.7. The number of nitrogens with zero attached hydrogens (tertiary/aromatic N) is 4. The van der Waals surface area contributed by atoms with Gasteiger partial charge in [-0.05, 0) is 44.9 Å². The predicted octanol–water partition coefficient (Wildman–Crippen LogP) is 3.17. The highest BCUT2D eigenvalue weighted by atomic mass is 16.5. The fourth-order valence-electron chi connectivity index (χ4n) is 2.22. The van der Waals surface area contributed by atoms with Gasteiger partial charge in [-0.3, -0.25) is 0 Å². The van der Waals surface area contributed by atoms with Crippen molar-refractivity contribution in [2.45, 2.75) is 32.6 Å². The van der Waals surface area contributed by atoms with E-state index in [4.69, 9.17) is 4.52 Å². The molecule has 0 N–H and O–H groups in total. The summed E-state index contributed by atoms with van der Waals surface area (Å²) in [6.07, 6.45) is 2.33. The van der Waals surface area contributed by atoms with Crippen molar-refractivity contribution in [1.29, 1.82) is 0 Å². The SMILES string of the molecule is Cc1nc2ccc(-c3nc(C4CC4)no3)cc2nc1C. The van der Waals surface area contributed by atoms with Crippen molar-refractivity contribution in [3.8, 4) is 11.5 Å². The summed E-state index contributed by atoms with van der Waals surface area (Å²) in [7, 11) is 0. The fourth-order valence-corrected chi connectivity index (χ4v) is 2.22. The Balaban J connectivity index is 1.80. The van der Waals surface area contributed by atoms with Crippen molar-refractivity contribution >= 4 is 11.0 Å². The van der Waals surface area contributed by atoms with Crippen LogP contribution in [0.4, 0.5) is 0 Å². The smallest absolute Gasteiger partial charge is 0.258 e. The molecule has 1 aromatic carbocycles. The molecular weight excluding hydrogens is 252 g/mol. The van der Waals surface area contributed by atoms with Crippen LogP contribution in [0.3, 0.4) is 0 Å². The molecular formula is C15H14N4O. The molecule has 0 aliphatic heterocycles. The van der Waals surface area contributed by atoms with Crippen LogP contribution in [0.5, 0.6) is 0 Å². The lowest BCUT2D eigenvalue weighted by atomic mass is 10.2. The van der Waals surface area contributed by atoms with Gasteiger partial charge in [0, 0.05) is 11.5 Å². The zero-order valence-corrected chi connectivity index (χ0v) is 11.4. The van der Waals surface area contributed by atoms with Gasteiger partial charge in [0.2, 0.25) is 0 Å². The summed E-state index contributed by atoms with van der Waals surface area (Å²) < 4.78 is 5.35. The molecule has 5 nitrogen and oxygen atoms in total. The van der Waals surface area contributed by atoms with Gasteiger partial charge in [0.25, 0.3) is 5.89 Å². The fraction of sp³-hybridized carbons (Fsp3) is 0.333. The van der Waals surface area contributed by atoms with E-state index < -0.39 is 0 Å². The molecule has 2 heterocycles. The Morgan fingerprint density at radius 2 is 1.75 bits per heavy atom. The maximum atomic E-state index is 5.35. The van der Waals surface area contributed by atoms with E-state index in [-0.39, 0.29) is 0 Å². The second-order valence-electron chi connectivity index (χ2n) is 5.33. The maximum Gasteiger partial charge on any atom is 0.258 e. The van der Waals surface area contributed by atoms with Crippen LogP contribution in [-0.4, -0.2) is 20.1 Å². The second-order valence-corrected chi connectivity index (χ2v) is 5.33. The predicted molar refractivity (Wildman–Crippen MR) is 74.3 cm³/mol. The van der Waals surface area contributed by atoms with Gasteiger partial charge in [0.05, 0.1) is 22.4 Å². The first-order valence-electron chi connectivity index (χ1n) is 6.80. The monoisotopic (exact) mass is 266 g/mol. The normalized spacial score (nSPS) is 14.9. The quantitative estimate of drug-likeness (QED) is 0.712. The lowest BCUT2D eigenvalue weighted by molar-refractivity contribution is 0.423. The minimum Gasteiger partial charge on any atom is -0.334 e. The molecule has 0 unspecified atom stereocenters. The Hall–Kier alpha value is -2.30. The molecule has 0 bridgehead atoms. The third-order valence-electron chi connectivity index (χ3n) is 3.71. The van der Waals surface area contributed by atoms with Gasteiger partial charge in [-0.2, -0.15) is 4.98 Å². The van der Waals surface area contributed by atoms with Crippen LogP contribution in [0.25, 0.3) is 22.5 Å². The van der Waals surface area contributed by atoms with Crippen LogP contribution in [0.1, 0.15) is 36.0 Å². The summed E-state index contributed by atoms with van der Waals surface area (Å²) in [6, 6.07) is 5.86. The van der Waals surface area contributed by atoms with Crippen molar-refractivity contribution in [3.63, 3.8) is 0 Å². The van der Waals surface area contributed by atoms with E-state index in [2.05, 4.69) is 20.1 Å². The van der Waals surface area contributed by atoms with Crippen LogP contribution < -0.4 is 0 Å². The van der Waals surface area contributed by atoms with Crippen molar-refractivity contribution in [2.24, 2.45) is 0 Å². The molecule has 5 heteroatoms. The zero-order valence-electron chi connectivity index (χ0n) is 11.4. The highest BCUT2D eigenvalue weighted by Gasteiger charge is 2.29. The molecule has 0 amide bonds. The van der Waals surface area contributed by atoms with Crippen molar-refractivity contribution in [1.82, 2.24) is 20.1 Å². The first kappa shape index (κ1) is 11.5. The Bertz CT molecular complexity index is 805. The van der Waals surface area contributed by atoms with E-state index >= 15 is 0 Å². The molecule has 20 heavy (non-hydrogen) atoms. The van der Waals surface area contributed by atoms with Gasteiger partial charge in [0.15, 0.2) is 5.82 Å². The lowest BCUT2D eigenvalue weighted by Crippen LogP contribution is -1.93. The van der Waals surface area contributed by atoms with Crippen LogP contribution in [0.2, 0.25) is 0 Å².